The molecule has 1 fully saturated rings. The van der Waals surface area contributed by atoms with Crippen molar-refractivity contribution in [2.45, 2.75) is 19.1 Å². The summed E-state index contributed by atoms with van der Waals surface area (Å²) in [5, 5.41) is 20.8. The molecule has 5 rings (SSSR count). The molecule has 4 aromatic rings. The number of hydrogen-bond acceptors (Lipinski definition) is 7. The molecule has 0 atom stereocenters. The number of alkyl halides is 3. The van der Waals surface area contributed by atoms with Gasteiger partial charge in [-0.15, -0.1) is 0 Å². The third-order valence-electron chi connectivity index (χ3n) is 6.76. The van der Waals surface area contributed by atoms with Crippen LogP contribution in [0.2, 0.25) is 0 Å². The number of aromatic nitrogens is 3. The zero-order chi connectivity index (χ0) is 30.9. The van der Waals surface area contributed by atoms with Crippen molar-refractivity contribution in [3.63, 3.8) is 0 Å². The third kappa shape index (κ3) is 6.02. The molecule has 2 aromatic heterocycles. The molecule has 5 N–H and O–H groups in total. The average Bonchev–Trinajstić information content (AvgIpc) is 3.24. The van der Waals surface area contributed by atoms with Crippen molar-refractivity contribution in [3.8, 4) is 17.2 Å². The van der Waals surface area contributed by atoms with Gasteiger partial charge in [0, 0.05) is 25.2 Å². The van der Waals surface area contributed by atoms with Crippen LogP contribution in [0.4, 0.5) is 43.9 Å². The maximum absolute atomic E-state index is 15.3. The second kappa shape index (κ2) is 11.5. The number of halogens is 5. The Morgan fingerprint density at radius 1 is 1.12 bits per heavy atom. The molecule has 0 saturated carbocycles. The molecular formula is C27H22F5N9O2. The van der Waals surface area contributed by atoms with Crippen molar-refractivity contribution < 1.29 is 31.5 Å². The van der Waals surface area contributed by atoms with E-state index in [0.29, 0.717) is 53.6 Å². The van der Waals surface area contributed by atoms with Gasteiger partial charge in [-0.1, -0.05) is 6.07 Å². The van der Waals surface area contributed by atoms with Crippen LogP contribution in [-0.4, -0.2) is 51.1 Å². The number of carbonyl (C=O) groups excluding carboxylic acids is 2. The minimum Gasteiger partial charge on any atom is -0.382 e. The van der Waals surface area contributed by atoms with Crippen LogP contribution in [-0.2, 0) is 23.9 Å². The smallest absolute Gasteiger partial charge is 0.382 e. The Hall–Kier alpha value is -5.30. The number of nitrogens with two attached hydrogens (primary N) is 1. The molecule has 0 radical (unpaired) electrons. The lowest BCUT2D eigenvalue weighted by molar-refractivity contribution is -0.137. The van der Waals surface area contributed by atoms with Crippen LogP contribution in [0, 0.1) is 23.0 Å². The molecule has 43 heavy (non-hydrogen) atoms. The van der Waals surface area contributed by atoms with E-state index in [1.807, 2.05) is 10.2 Å². The molecule has 222 valence electrons. The summed E-state index contributed by atoms with van der Waals surface area (Å²) >= 11 is 0. The van der Waals surface area contributed by atoms with Crippen LogP contribution in [0.15, 0.2) is 42.7 Å². The minimum atomic E-state index is -4.77. The predicted octanol–water partition coefficient (Wildman–Crippen LogP) is 3.92. The summed E-state index contributed by atoms with van der Waals surface area (Å²) in [4.78, 5) is 30.3. The van der Waals surface area contributed by atoms with E-state index in [1.54, 1.807) is 0 Å². The Labute approximate surface area is 240 Å². The molecule has 16 heteroatoms. The lowest BCUT2D eigenvalue weighted by atomic mass is 9.98. The number of amides is 3. The summed E-state index contributed by atoms with van der Waals surface area (Å²) in [6.45, 7) is 1.34. The lowest BCUT2D eigenvalue weighted by Gasteiger charge is -2.26. The average molecular weight is 600 g/mol. The molecule has 3 amide bonds. The highest BCUT2D eigenvalue weighted by Crippen LogP contribution is 2.37. The van der Waals surface area contributed by atoms with E-state index in [2.05, 4.69) is 26.8 Å². The zero-order valence-electron chi connectivity index (χ0n) is 22.1. The number of hydrogen-bond donors (Lipinski definition) is 4. The van der Waals surface area contributed by atoms with Gasteiger partial charge >= 0.3 is 12.2 Å². The third-order valence-corrected chi connectivity index (χ3v) is 6.76. The Balaban J connectivity index is 1.47. The number of anilines is 3. The summed E-state index contributed by atoms with van der Waals surface area (Å²) in [7, 11) is 0. The Kier molecular flexibility index (Phi) is 7.83. The number of urea groups is 1. The summed E-state index contributed by atoms with van der Waals surface area (Å²) < 4.78 is 69.9. The minimum absolute atomic E-state index is 0.0527. The maximum Gasteiger partial charge on any atom is 0.416 e. The molecule has 0 unspecified atom stereocenters. The van der Waals surface area contributed by atoms with E-state index in [1.165, 1.54) is 23.0 Å². The first-order chi connectivity index (χ1) is 20.5. The SMILES string of the molecule is N#CCc1c(-c2ccc(NC(=O)Nc3cc(C(F)(F)F)ccc3F)c(F)c2)c2c(N)ncnn2c1CN1CCNC(=O)C1. The summed E-state index contributed by atoms with van der Waals surface area (Å²) in [6.07, 6.45) is -3.65. The second-order valence-electron chi connectivity index (χ2n) is 9.57. The van der Waals surface area contributed by atoms with Crippen molar-refractivity contribution in [2.24, 2.45) is 0 Å². The van der Waals surface area contributed by atoms with Gasteiger partial charge in [-0.05, 0) is 41.5 Å². The lowest BCUT2D eigenvalue weighted by Crippen LogP contribution is -2.47. The fourth-order valence-corrected chi connectivity index (χ4v) is 4.85. The number of rotatable bonds is 6. The largest absolute Gasteiger partial charge is 0.416 e. The van der Waals surface area contributed by atoms with Crippen LogP contribution in [0.25, 0.3) is 16.6 Å². The Morgan fingerprint density at radius 3 is 2.58 bits per heavy atom. The van der Waals surface area contributed by atoms with Crippen molar-refractivity contribution in [1.29, 1.82) is 5.26 Å². The van der Waals surface area contributed by atoms with Crippen LogP contribution < -0.4 is 21.7 Å². The van der Waals surface area contributed by atoms with Gasteiger partial charge in [0.25, 0.3) is 0 Å². The first-order valence-corrected chi connectivity index (χ1v) is 12.7. The highest BCUT2D eigenvalue weighted by molar-refractivity contribution is 6.00. The molecule has 1 saturated heterocycles. The Morgan fingerprint density at radius 2 is 1.88 bits per heavy atom. The van der Waals surface area contributed by atoms with Crippen LogP contribution in [0.1, 0.15) is 16.8 Å². The standard InChI is InChI=1S/C27H22F5N9O2/c28-17-3-2-15(27(30,31)32)10-20(17)39-26(43)38-19-4-1-14(9-18(19)29)23-16(5-6-33)21(11-40-8-7-35-22(42)12-40)41-24(23)25(34)36-13-37-41/h1-4,9-10,13H,5,7-8,11-12H2,(H,35,42)(H2,34,36,37)(H2,38,39,43). The van der Waals surface area contributed by atoms with Crippen molar-refractivity contribution in [3.05, 3.63) is 71.2 Å². The predicted molar refractivity (Wildman–Crippen MR) is 144 cm³/mol. The van der Waals surface area contributed by atoms with E-state index in [0.717, 1.165) is 6.07 Å². The number of nitrogens with zero attached hydrogens (tertiary/aromatic N) is 5. The van der Waals surface area contributed by atoms with Gasteiger partial charge in [0.1, 0.15) is 23.5 Å². The highest BCUT2D eigenvalue weighted by atomic mass is 19.4. The first-order valence-electron chi connectivity index (χ1n) is 12.7. The van der Waals surface area contributed by atoms with E-state index in [9.17, 15) is 32.4 Å². The second-order valence-corrected chi connectivity index (χ2v) is 9.57. The molecular weight excluding hydrogens is 577 g/mol. The molecule has 0 aliphatic carbocycles. The highest BCUT2D eigenvalue weighted by Gasteiger charge is 2.31. The fourth-order valence-electron chi connectivity index (χ4n) is 4.85. The maximum atomic E-state index is 15.3. The molecule has 1 aliphatic rings. The number of fused-ring (bicyclic) bond motifs is 1. The molecule has 0 bridgehead atoms. The number of nitriles is 1. The van der Waals surface area contributed by atoms with Gasteiger partial charge in [-0.2, -0.15) is 23.5 Å². The van der Waals surface area contributed by atoms with Crippen LogP contribution >= 0.6 is 0 Å². The van der Waals surface area contributed by atoms with Crippen molar-refractivity contribution >= 4 is 34.6 Å². The molecule has 11 nitrogen and oxygen atoms in total. The van der Waals surface area contributed by atoms with E-state index < -0.39 is 35.1 Å². The normalized spacial score (nSPS) is 13.9. The van der Waals surface area contributed by atoms with Gasteiger partial charge in [0.15, 0.2) is 5.82 Å². The van der Waals surface area contributed by atoms with Crippen LogP contribution in [0.3, 0.4) is 0 Å². The summed E-state index contributed by atoms with van der Waals surface area (Å²) in [6, 6.07) is 6.11. The fraction of sp³-hybridized carbons (Fsp3) is 0.222. The summed E-state index contributed by atoms with van der Waals surface area (Å²) in [5.41, 5.74) is 5.89. The van der Waals surface area contributed by atoms with Gasteiger partial charge in [-0.25, -0.2) is 23.1 Å². The van der Waals surface area contributed by atoms with E-state index in [4.69, 9.17) is 5.73 Å². The van der Waals surface area contributed by atoms with Gasteiger partial charge in [0.05, 0.1) is 41.7 Å². The molecule has 0 spiro atoms. The quantitative estimate of drug-likeness (QED) is 0.245. The number of piperazine rings is 1. The van der Waals surface area contributed by atoms with Crippen molar-refractivity contribution in [2.75, 3.05) is 36.0 Å². The topological polar surface area (TPSA) is 153 Å². The number of nitrogen functional groups attached to an aromatic ring is 1. The Bertz CT molecular complexity index is 1780. The van der Waals surface area contributed by atoms with Crippen LogP contribution in [0.5, 0.6) is 0 Å². The van der Waals surface area contributed by atoms with Gasteiger partial charge in [-0.3, -0.25) is 9.69 Å². The number of nitrogens with one attached hydrogen (secondary N) is 3. The molecule has 1 aliphatic heterocycles. The number of carbonyl (C=O) groups is 2. The monoisotopic (exact) mass is 599 g/mol. The van der Waals surface area contributed by atoms with E-state index >= 15 is 4.39 Å². The first kappa shape index (κ1) is 29.2. The molecule has 3 heterocycles. The summed E-state index contributed by atoms with van der Waals surface area (Å²) in [5.74, 6) is -2.17. The van der Waals surface area contributed by atoms with Gasteiger partial charge in [0.2, 0.25) is 5.91 Å². The van der Waals surface area contributed by atoms with Crippen molar-refractivity contribution in [1.82, 2.24) is 24.8 Å². The van der Waals surface area contributed by atoms with Gasteiger partial charge < -0.3 is 21.7 Å². The zero-order valence-corrected chi connectivity index (χ0v) is 22.1. The number of benzene rings is 2. The van der Waals surface area contributed by atoms with E-state index in [-0.39, 0.29) is 42.5 Å². The molecule has 2 aromatic carbocycles.